The van der Waals surface area contributed by atoms with Crippen molar-refractivity contribution in [3.8, 4) is 0 Å². The number of carbonyl (C=O) groups is 1. The zero-order valence-corrected chi connectivity index (χ0v) is 13.1. The van der Waals surface area contributed by atoms with Crippen LogP contribution in [0.3, 0.4) is 0 Å². The van der Waals surface area contributed by atoms with Crippen LogP contribution in [0, 0.1) is 34.6 Å². The highest BCUT2D eigenvalue weighted by Crippen LogP contribution is 2.14. The number of benzene rings is 1. The minimum absolute atomic E-state index is 0.262. The minimum atomic E-state index is -0.262. The van der Waals surface area contributed by atoms with E-state index in [2.05, 4.69) is 36.5 Å². The summed E-state index contributed by atoms with van der Waals surface area (Å²) in [4.78, 5) is 12.0. The van der Waals surface area contributed by atoms with Gasteiger partial charge in [0.25, 0.3) is 5.91 Å². The molecule has 0 aliphatic carbocycles. The highest BCUT2D eigenvalue weighted by molar-refractivity contribution is 5.96. The topological polar surface area (TPSA) is 54.6 Å². The fourth-order valence-corrected chi connectivity index (χ4v) is 2.20. The van der Waals surface area contributed by atoms with Crippen molar-refractivity contribution >= 4 is 12.1 Å². The van der Waals surface area contributed by atoms with Gasteiger partial charge in [-0.05, 0) is 69.0 Å². The molecule has 2 rings (SSSR count). The molecule has 1 aromatic heterocycles. The number of aryl methyl sites for hydroxylation is 5. The van der Waals surface area contributed by atoms with Gasteiger partial charge in [0.05, 0.1) is 11.8 Å². The van der Waals surface area contributed by atoms with Gasteiger partial charge in [-0.3, -0.25) is 4.79 Å². The van der Waals surface area contributed by atoms with Gasteiger partial charge < -0.3 is 4.42 Å². The summed E-state index contributed by atoms with van der Waals surface area (Å²) >= 11 is 0. The first-order valence-electron chi connectivity index (χ1n) is 6.86. The van der Waals surface area contributed by atoms with Crippen LogP contribution in [0.25, 0.3) is 0 Å². The Morgan fingerprint density at radius 3 is 2.33 bits per heavy atom. The number of amides is 1. The van der Waals surface area contributed by atoms with Crippen LogP contribution in [0.2, 0.25) is 0 Å². The van der Waals surface area contributed by atoms with Crippen molar-refractivity contribution < 1.29 is 9.21 Å². The van der Waals surface area contributed by atoms with Crippen LogP contribution >= 0.6 is 0 Å². The Labute approximate surface area is 124 Å². The molecule has 0 fully saturated rings. The average molecular weight is 284 g/mol. The van der Waals surface area contributed by atoms with E-state index in [9.17, 15) is 4.79 Å². The number of hydrogen-bond donors (Lipinski definition) is 1. The van der Waals surface area contributed by atoms with E-state index < -0.39 is 0 Å². The van der Waals surface area contributed by atoms with Gasteiger partial charge in [0.2, 0.25) is 0 Å². The Morgan fingerprint density at radius 2 is 1.71 bits per heavy atom. The van der Waals surface area contributed by atoms with E-state index >= 15 is 0 Å². The Morgan fingerprint density at radius 1 is 1.05 bits per heavy atom. The molecule has 0 radical (unpaired) electrons. The second kappa shape index (κ2) is 5.95. The first kappa shape index (κ1) is 15.0. The number of nitrogens with one attached hydrogen (secondary N) is 1. The lowest BCUT2D eigenvalue weighted by Crippen LogP contribution is -2.17. The summed E-state index contributed by atoms with van der Waals surface area (Å²) < 4.78 is 5.34. The summed E-state index contributed by atoms with van der Waals surface area (Å²) in [6.45, 7) is 9.74. The van der Waals surface area contributed by atoms with Crippen molar-refractivity contribution in [1.82, 2.24) is 5.43 Å². The normalized spacial score (nSPS) is 11.1. The van der Waals surface area contributed by atoms with E-state index in [1.54, 1.807) is 19.2 Å². The van der Waals surface area contributed by atoms with Crippen molar-refractivity contribution in [3.05, 3.63) is 57.5 Å². The van der Waals surface area contributed by atoms with Crippen molar-refractivity contribution in [2.45, 2.75) is 34.6 Å². The molecule has 0 atom stereocenters. The van der Waals surface area contributed by atoms with E-state index in [1.807, 2.05) is 13.8 Å². The molecule has 0 saturated heterocycles. The molecular weight excluding hydrogens is 264 g/mol. The summed E-state index contributed by atoms with van der Waals surface area (Å²) in [6.07, 6.45) is 1.67. The van der Waals surface area contributed by atoms with Crippen molar-refractivity contribution in [2.24, 2.45) is 5.10 Å². The SMILES string of the molecule is Cc1cc(C(=O)N/N=C\c2cc(C)c(C)cc2C)c(C)o1. The molecule has 1 aromatic carbocycles. The second-order valence-electron chi connectivity index (χ2n) is 5.32. The van der Waals surface area contributed by atoms with Gasteiger partial charge in [-0.15, -0.1) is 0 Å². The van der Waals surface area contributed by atoms with Crippen LogP contribution in [0.1, 0.15) is 44.1 Å². The molecule has 0 aliphatic heterocycles. The summed E-state index contributed by atoms with van der Waals surface area (Å²) in [5.74, 6) is 1.05. The van der Waals surface area contributed by atoms with Gasteiger partial charge in [0, 0.05) is 0 Å². The third-order valence-corrected chi connectivity index (χ3v) is 3.54. The quantitative estimate of drug-likeness (QED) is 0.691. The monoisotopic (exact) mass is 284 g/mol. The predicted molar refractivity (Wildman–Crippen MR) is 83.9 cm³/mol. The maximum absolute atomic E-state index is 12.0. The third-order valence-electron chi connectivity index (χ3n) is 3.54. The maximum Gasteiger partial charge on any atom is 0.274 e. The summed E-state index contributed by atoms with van der Waals surface area (Å²) in [7, 11) is 0. The van der Waals surface area contributed by atoms with E-state index in [4.69, 9.17) is 4.42 Å². The van der Waals surface area contributed by atoms with Gasteiger partial charge in [-0.25, -0.2) is 5.43 Å². The smallest absolute Gasteiger partial charge is 0.274 e. The number of nitrogens with zero attached hydrogens (tertiary/aromatic N) is 1. The number of rotatable bonds is 3. The van der Waals surface area contributed by atoms with E-state index in [0.29, 0.717) is 17.1 Å². The van der Waals surface area contributed by atoms with E-state index in [-0.39, 0.29) is 5.91 Å². The lowest BCUT2D eigenvalue weighted by molar-refractivity contribution is 0.0953. The van der Waals surface area contributed by atoms with Gasteiger partial charge in [-0.1, -0.05) is 6.07 Å². The maximum atomic E-state index is 12.0. The number of furan rings is 1. The molecule has 0 spiro atoms. The molecular formula is C17H20N2O2. The summed E-state index contributed by atoms with van der Waals surface area (Å²) in [5.41, 5.74) is 7.63. The van der Waals surface area contributed by atoms with Crippen LogP contribution in [0.5, 0.6) is 0 Å². The number of hydrazone groups is 1. The number of hydrogen-bond acceptors (Lipinski definition) is 3. The van der Waals surface area contributed by atoms with E-state index in [1.165, 1.54) is 11.1 Å². The zero-order valence-electron chi connectivity index (χ0n) is 13.1. The van der Waals surface area contributed by atoms with Crippen molar-refractivity contribution in [2.75, 3.05) is 0 Å². The highest BCUT2D eigenvalue weighted by Gasteiger charge is 2.12. The summed E-state index contributed by atoms with van der Waals surface area (Å²) in [5, 5.41) is 4.03. The second-order valence-corrected chi connectivity index (χ2v) is 5.32. The molecule has 1 amide bonds. The molecule has 4 nitrogen and oxygen atoms in total. The molecule has 0 aliphatic rings. The fraction of sp³-hybridized carbons (Fsp3) is 0.294. The number of carbonyl (C=O) groups excluding carboxylic acids is 1. The fourth-order valence-electron chi connectivity index (χ4n) is 2.20. The summed E-state index contributed by atoms with van der Waals surface area (Å²) in [6, 6.07) is 5.89. The third kappa shape index (κ3) is 3.40. The molecule has 0 saturated carbocycles. The van der Waals surface area contributed by atoms with Gasteiger partial charge >= 0.3 is 0 Å². The van der Waals surface area contributed by atoms with E-state index in [0.717, 1.165) is 11.1 Å². The largest absolute Gasteiger partial charge is 0.466 e. The molecule has 1 heterocycles. The average Bonchev–Trinajstić information content (AvgIpc) is 2.74. The van der Waals surface area contributed by atoms with Crippen LogP contribution in [-0.4, -0.2) is 12.1 Å². The zero-order chi connectivity index (χ0) is 15.6. The van der Waals surface area contributed by atoms with Crippen LogP contribution in [0.4, 0.5) is 0 Å². The lowest BCUT2D eigenvalue weighted by Gasteiger charge is -2.05. The molecule has 0 unspecified atom stereocenters. The van der Waals surface area contributed by atoms with Gasteiger partial charge in [0.1, 0.15) is 11.5 Å². The van der Waals surface area contributed by atoms with Crippen LogP contribution in [0.15, 0.2) is 27.7 Å². The lowest BCUT2D eigenvalue weighted by atomic mass is 10.0. The van der Waals surface area contributed by atoms with Crippen LogP contribution < -0.4 is 5.43 Å². The molecule has 110 valence electrons. The van der Waals surface area contributed by atoms with Crippen molar-refractivity contribution in [3.63, 3.8) is 0 Å². The highest BCUT2D eigenvalue weighted by atomic mass is 16.3. The predicted octanol–water partition coefficient (Wildman–Crippen LogP) is 3.59. The Balaban J connectivity index is 2.11. The Kier molecular flexibility index (Phi) is 4.26. The van der Waals surface area contributed by atoms with Gasteiger partial charge in [0.15, 0.2) is 0 Å². The Hall–Kier alpha value is -2.36. The minimum Gasteiger partial charge on any atom is -0.466 e. The Bertz CT molecular complexity index is 712. The molecule has 2 aromatic rings. The first-order valence-corrected chi connectivity index (χ1v) is 6.86. The molecule has 0 bridgehead atoms. The van der Waals surface area contributed by atoms with Crippen LogP contribution in [-0.2, 0) is 0 Å². The molecule has 4 heteroatoms. The molecule has 21 heavy (non-hydrogen) atoms. The van der Waals surface area contributed by atoms with Gasteiger partial charge in [-0.2, -0.15) is 5.10 Å². The standard InChI is InChI=1S/C17H20N2O2/c1-10-6-12(3)15(7-11(10)2)9-18-19-17(20)16-8-13(4)21-14(16)5/h6-9H,1-5H3,(H,19,20)/b18-9-. The van der Waals surface area contributed by atoms with Crippen molar-refractivity contribution in [1.29, 1.82) is 0 Å². The first-order chi connectivity index (χ1) is 9.88. The molecule has 1 N–H and O–H groups in total.